The number of hydrogen-bond donors (Lipinski definition) is 1. The maximum Gasteiger partial charge on any atom is 0.335 e. The average Bonchev–Trinajstić information content (AvgIpc) is 2.42. The molecule has 2 aromatic carbocycles. The van der Waals surface area contributed by atoms with Crippen molar-refractivity contribution in [3.63, 3.8) is 0 Å². The lowest BCUT2D eigenvalue weighted by Crippen LogP contribution is -1.99. The molecule has 0 aliphatic carbocycles. The molecule has 0 saturated carbocycles. The molecule has 0 unspecified atom stereocenters. The molecule has 2 aromatic rings. The molecule has 0 spiro atoms. The summed E-state index contributed by atoms with van der Waals surface area (Å²) >= 11 is 0. The zero-order chi connectivity index (χ0) is 15.6. The number of rotatable bonds is 4. The second-order valence-corrected chi connectivity index (χ2v) is 4.28. The summed E-state index contributed by atoms with van der Waals surface area (Å²) in [5.41, 5.74) is 0.130. The van der Waals surface area contributed by atoms with Crippen LogP contribution in [0.1, 0.15) is 15.9 Å². The van der Waals surface area contributed by atoms with Gasteiger partial charge in [-0.3, -0.25) is 10.1 Å². The number of benzene rings is 2. The van der Waals surface area contributed by atoms with Crippen molar-refractivity contribution in [2.24, 2.45) is 0 Å². The first kappa shape index (κ1) is 14.4. The minimum Gasteiger partial charge on any atom is -0.478 e. The quantitative estimate of drug-likeness (QED) is 0.687. The normalized spacial score (nSPS) is 10.2. The van der Waals surface area contributed by atoms with Crippen LogP contribution in [-0.4, -0.2) is 16.0 Å². The topological polar surface area (TPSA) is 89.7 Å². The average molecular weight is 291 g/mol. The van der Waals surface area contributed by atoms with Crippen LogP contribution < -0.4 is 4.74 Å². The molecule has 0 aliphatic rings. The number of ether oxygens (including phenoxy) is 1. The van der Waals surface area contributed by atoms with E-state index in [1.807, 2.05) is 0 Å². The van der Waals surface area contributed by atoms with Gasteiger partial charge in [-0.25, -0.2) is 9.18 Å². The molecule has 0 amide bonds. The maximum atomic E-state index is 13.8. The second-order valence-electron chi connectivity index (χ2n) is 4.28. The van der Waals surface area contributed by atoms with Gasteiger partial charge in [0, 0.05) is 6.07 Å². The molecule has 108 valence electrons. The summed E-state index contributed by atoms with van der Waals surface area (Å²) in [5.74, 6) is -2.59. The number of carbonyl (C=O) groups is 1. The first-order chi connectivity index (χ1) is 9.88. The summed E-state index contributed by atoms with van der Waals surface area (Å²) in [6, 6.07) is 7.31. The molecule has 2 rings (SSSR count). The Morgan fingerprint density at radius 3 is 2.48 bits per heavy atom. The lowest BCUT2D eigenvalue weighted by atomic mass is 10.2. The molecule has 6 nitrogen and oxygen atoms in total. The van der Waals surface area contributed by atoms with E-state index in [4.69, 9.17) is 9.84 Å². The van der Waals surface area contributed by atoms with Gasteiger partial charge in [-0.1, -0.05) is 6.07 Å². The number of aryl methyl sites for hydroxylation is 1. The highest BCUT2D eigenvalue weighted by molar-refractivity contribution is 5.87. The zero-order valence-corrected chi connectivity index (χ0v) is 10.9. The molecule has 0 heterocycles. The van der Waals surface area contributed by atoms with Crippen molar-refractivity contribution in [3.05, 3.63) is 63.5 Å². The first-order valence-electron chi connectivity index (χ1n) is 5.84. The van der Waals surface area contributed by atoms with Crippen LogP contribution in [0.4, 0.5) is 10.1 Å². The smallest absolute Gasteiger partial charge is 0.335 e. The Balaban J connectivity index is 2.39. The van der Waals surface area contributed by atoms with E-state index in [1.54, 1.807) is 13.0 Å². The van der Waals surface area contributed by atoms with Crippen LogP contribution in [0.25, 0.3) is 0 Å². The first-order valence-corrected chi connectivity index (χ1v) is 5.84. The summed E-state index contributed by atoms with van der Waals surface area (Å²) < 4.78 is 18.9. The molecular weight excluding hydrogens is 281 g/mol. The Kier molecular flexibility index (Phi) is 3.84. The summed E-state index contributed by atoms with van der Waals surface area (Å²) in [6.07, 6.45) is 0. The Labute approximate surface area is 118 Å². The molecule has 0 saturated heterocycles. The van der Waals surface area contributed by atoms with Gasteiger partial charge in [-0.05, 0) is 36.8 Å². The van der Waals surface area contributed by atoms with E-state index in [-0.39, 0.29) is 22.7 Å². The molecule has 1 N–H and O–H groups in total. The highest BCUT2D eigenvalue weighted by atomic mass is 19.1. The highest BCUT2D eigenvalue weighted by Crippen LogP contribution is 2.33. The van der Waals surface area contributed by atoms with Crippen molar-refractivity contribution in [1.29, 1.82) is 0 Å². The third kappa shape index (κ3) is 3.14. The summed E-state index contributed by atoms with van der Waals surface area (Å²) in [5, 5.41) is 19.7. The number of hydrogen-bond acceptors (Lipinski definition) is 4. The van der Waals surface area contributed by atoms with Crippen LogP contribution in [0.15, 0.2) is 36.4 Å². The molecule has 0 atom stereocenters. The van der Waals surface area contributed by atoms with Crippen LogP contribution in [0.2, 0.25) is 0 Å². The van der Waals surface area contributed by atoms with Crippen LogP contribution in [-0.2, 0) is 0 Å². The monoisotopic (exact) mass is 291 g/mol. The Bertz CT molecular complexity index is 729. The predicted octanol–water partition coefficient (Wildman–Crippen LogP) is 3.53. The number of carboxylic acids is 1. The van der Waals surface area contributed by atoms with E-state index in [9.17, 15) is 19.3 Å². The van der Waals surface area contributed by atoms with Crippen LogP contribution >= 0.6 is 0 Å². The van der Waals surface area contributed by atoms with Gasteiger partial charge >= 0.3 is 11.7 Å². The summed E-state index contributed by atoms with van der Waals surface area (Å²) in [6.45, 7) is 1.68. The number of aromatic carboxylic acids is 1. The van der Waals surface area contributed by atoms with Gasteiger partial charge in [-0.15, -0.1) is 0 Å². The van der Waals surface area contributed by atoms with E-state index in [2.05, 4.69) is 0 Å². The van der Waals surface area contributed by atoms with Crippen molar-refractivity contribution in [3.8, 4) is 11.5 Å². The SMILES string of the molecule is Cc1ccc(Oc2ccc(C(=O)O)cc2F)c([N+](=O)[O-])c1. The fourth-order valence-electron chi connectivity index (χ4n) is 1.69. The van der Waals surface area contributed by atoms with Gasteiger partial charge in [0.15, 0.2) is 11.6 Å². The number of halogens is 1. The minimum absolute atomic E-state index is 0.118. The third-order valence-corrected chi connectivity index (χ3v) is 2.71. The molecule has 0 radical (unpaired) electrons. The van der Waals surface area contributed by atoms with Gasteiger partial charge in [0.2, 0.25) is 5.75 Å². The fraction of sp³-hybridized carbons (Fsp3) is 0.0714. The lowest BCUT2D eigenvalue weighted by molar-refractivity contribution is -0.385. The Morgan fingerprint density at radius 1 is 1.24 bits per heavy atom. The third-order valence-electron chi connectivity index (χ3n) is 2.71. The fourth-order valence-corrected chi connectivity index (χ4v) is 1.69. The molecule has 0 aliphatic heterocycles. The standard InChI is InChI=1S/C14H10FNO5/c1-8-2-4-13(11(6-8)16(19)20)21-12-5-3-9(14(17)18)7-10(12)15/h2-7H,1H3,(H,17,18). The molecule has 0 aromatic heterocycles. The summed E-state index contributed by atoms with van der Waals surface area (Å²) in [4.78, 5) is 21.0. The van der Waals surface area contributed by atoms with E-state index in [1.165, 1.54) is 12.1 Å². The van der Waals surface area contributed by atoms with Crippen molar-refractivity contribution in [2.45, 2.75) is 6.92 Å². The number of carboxylic acid groups (broad SMARTS) is 1. The predicted molar refractivity (Wildman–Crippen MR) is 71.3 cm³/mol. The van der Waals surface area contributed by atoms with Gasteiger partial charge in [0.25, 0.3) is 0 Å². The van der Waals surface area contributed by atoms with Gasteiger partial charge in [0.05, 0.1) is 10.5 Å². The lowest BCUT2D eigenvalue weighted by Gasteiger charge is -2.08. The molecule has 0 fully saturated rings. The minimum atomic E-state index is -1.28. The highest BCUT2D eigenvalue weighted by Gasteiger charge is 2.18. The van der Waals surface area contributed by atoms with Gasteiger partial charge < -0.3 is 9.84 Å². The van der Waals surface area contributed by atoms with Crippen LogP contribution in [0, 0.1) is 22.9 Å². The molecular formula is C14H10FNO5. The van der Waals surface area contributed by atoms with E-state index in [0.29, 0.717) is 5.56 Å². The van der Waals surface area contributed by atoms with Crippen LogP contribution in [0.5, 0.6) is 11.5 Å². The van der Waals surface area contributed by atoms with Gasteiger partial charge in [-0.2, -0.15) is 0 Å². The van der Waals surface area contributed by atoms with E-state index in [0.717, 1.165) is 18.2 Å². The molecule has 7 heteroatoms. The number of nitro groups is 1. The Morgan fingerprint density at radius 2 is 1.90 bits per heavy atom. The molecule has 21 heavy (non-hydrogen) atoms. The van der Waals surface area contributed by atoms with E-state index >= 15 is 0 Å². The van der Waals surface area contributed by atoms with Gasteiger partial charge in [0.1, 0.15) is 0 Å². The number of nitro benzene ring substituents is 1. The summed E-state index contributed by atoms with van der Waals surface area (Å²) in [7, 11) is 0. The zero-order valence-electron chi connectivity index (χ0n) is 10.9. The van der Waals surface area contributed by atoms with E-state index < -0.39 is 16.7 Å². The maximum absolute atomic E-state index is 13.8. The van der Waals surface area contributed by atoms with Crippen LogP contribution in [0.3, 0.4) is 0 Å². The largest absolute Gasteiger partial charge is 0.478 e. The Hall–Kier alpha value is -2.96. The molecule has 0 bridgehead atoms. The van der Waals surface area contributed by atoms with Crippen molar-refractivity contribution >= 4 is 11.7 Å². The van der Waals surface area contributed by atoms with Crippen molar-refractivity contribution in [2.75, 3.05) is 0 Å². The second kappa shape index (κ2) is 5.58. The number of nitrogens with zero attached hydrogens (tertiary/aromatic N) is 1. The van der Waals surface area contributed by atoms with Crippen molar-refractivity contribution < 1.29 is 24.0 Å². The van der Waals surface area contributed by atoms with Crippen molar-refractivity contribution in [1.82, 2.24) is 0 Å².